The molecule has 0 aliphatic carbocycles. The maximum atomic E-state index is 5.14. The first-order valence-corrected chi connectivity index (χ1v) is 2.97. The van der Waals surface area contributed by atoms with E-state index in [0.717, 1.165) is 19.1 Å². The van der Waals surface area contributed by atoms with Crippen molar-refractivity contribution in [1.29, 1.82) is 0 Å². The average molecular weight is 117 g/mol. The van der Waals surface area contributed by atoms with E-state index in [9.17, 15) is 0 Å². The number of hydrogen-bond acceptors (Lipinski definition) is 2. The van der Waals surface area contributed by atoms with Crippen LogP contribution in [0.5, 0.6) is 0 Å². The Morgan fingerprint density at radius 3 is 2.00 bits per heavy atom. The van der Waals surface area contributed by atoms with Gasteiger partial charge in [0.1, 0.15) is 0 Å². The number of rotatable bonds is 0. The number of hydrogen-bond donors (Lipinski definition) is 1. The molecule has 1 heterocycles. The van der Waals surface area contributed by atoms with Crippen LogP contribution in [0.1, 0.15) is 19.8 Å². The Hall–Kier alpha value is -0.0800. The van der Waals surface area contributed by atoms with E-state index in [1.54, 1.807) is 0 Å². The summed E-state index contributed by atoms with van der Waals surface area (Å²) in [6, 6.07) is 0. The highest BCUT2D eigenvalue weighted by Gasteiger charge is 2.06. The van der Waals surface area contributed by atoms with Gasteiger partial charge in [-0.05, 0) is 18.8 Å². The van der Waals surface area contributed by atoms with Crippen molar-refractivity contribution < 1.29 is 4.74 Å². The monoisotopic (exact) mass is 117 g/mol. The van der Waals surface area contributed by atoms with E-state index in [4.69, 9.17) is 4.74 Å². The second kappa shape index (κ2) is 3.87. The van der Waals surface area contributed by atoms with E-state index in [0.29, 0.717) is 0 Å². The quantitative estimate of drug-likeness (QED) is 0.523. The summed E-state index contributed by atoms with van der Waals surface area (Å²) in [6.45, 7) is 4.25. The lowest BCUT2D eigenvalue weighted by Gasteiger charge is -2.16. The molecule has 0 amide bonds. The van der Waals surface area contributed by atoms with Crippen LogP contribution in [-0.4, -0.2) is 13.2 Å². The minimum absolute atomic E-state index is 0. The highest BCUT2D eigenvalue weighted by molar-refractivity contribution is 4.55. The van der Waals surface area contributed by atoms with Gasteiger partial charge in [0.15, 0.2) is 0 Å². The molecule has 3 N–H and O–H groups in total. The molecular formula is C6H15NO. The molecule has 1 aliphatic heterocycles. The summed E-state index contributed by atoms with van der Waals surface area (Å²) in [7, 11) is 0. The Morgan fingerprint density at radius 1 is 1.25 bits per heavy atom. The van der Waals surface area contributed by atoms with Gasteiger partial charge in [0.2, 0.25) is 0 Å². The van der Waals surface area contributed by atoms with E-state index in [1.807, 2.05) is 0 Å². The molecule has 1 aliphatic rings. The molecular weight excluding hydrogens is 102 g/mol. The average Bonchev–Trinajstić information content (AvgIpc) is 1.69. The molecule has 1 fully saturated rings. The number of ether oxygens (including phenoxy) is 1. The van der Waals surface area contributed by atoms with Gasteiger partial charge < -0.3 is 10.9 Å². The zero-order chi connectivity index (χ0) is 5.11. The zero-order valence-electron chi connectivity index (χ0n) is 5.52. The molecule has 0 saturated carbocycles. The van der Waals surface area contributed by atoms with Crippen molar-refractivity contribution in [3.8, 4) is 0 Å². The summed E-state index contributed by atoms with van der Waals surface area (Å²) in [5.74, 6) is 0.911. The van der Waals surface area contributed by atoms with Crippen molar-refractivity contribution in [3.05, 3.63) is 0 Å². The highest BCUT2D eigenvalue weighted by Crippen LogP contribution is 2.11. The Balaban J connectivity index is 0.000000490. The van der Waals surface area contributed by atoms with Gasteiger partial charge >= 0.3 is 0 Å². The van der Waals surface area contributed by atoms with Gasteiger partial charge in [0.05, 0.1) is 0 Å². The van der Waals surface area contributed by atoms with Crippen LogP contribution >= 0.6 is 0 Å². The molecule has 0 unspecified atom stereocenters. The van der Waals surface area contributed by atoms with Crippen LogP contribution < -0.4 is 6.15 Å². The molecule has 1 rings (SSSR count). The molecule has 8 heavy (non-hydrogen) atoms. The lowest BCUT2D eigenvalue weighted by atomic mass is 10.0. The SMILES string of the molecule is CC1CCOCC1.N. The van der Waals surface area contributed by atoms with E-state index in [-0.39, 0.29) is 6.15 Å². The maximum Gasteiger partial charge on any atom is 0.0468 e. The van der Waals surface area contributed by atoms with Crippen LogP contribution in [0.3, 0.4) is 0 Å². The topological polar surface area (TPSA) is 44.2 Å². The zero-order valence-corrected chi connectivity index (χ0v) is 5.52. The Labute approximate surface area is 50.8 Å². The van der Waals surface area contributed by atoms with Crippen molar-refractivity contribution in [3.63, 3.8) is 0 Å². The molecule has 0 atom stereocenters. The normalized spacial score (nSPS) is 22.1. The van der Waals surface area contributed by atoms with E-state index in [2.05, 4.69) is 6.92 Å². The molecule has 0 radical (unpaired) electrons. The summed E-state index contributed by atoms with van der Waals surface area (Å²) < 4.78 is 5.14. The summed E-state index contributed by atoms with van der Waals surface area (Å²) in [5, 5.41) is 0. The molecule has 0 aromatic heterocycles. The predicted octanol–water partition coefficient (Wildman–Crippen LogP) is 1.59. The minimum atomic E-state index is 0. The fourth-order valence-electron chi connectivity index (χ4n) is 0.815. The Bertz CT molecular complexity index is 50.5. The molecule has 50 valence electrons. The van der Waals surface area contributed by atoms with E-state index in [1.165, 1.54) is 12.8 Å². The lowest BCUT2D eigenvalue weighted by molar-refractivity contribution is 0.0716. The molecule has 0 aromatic carbocycles. The van der Waals surface area contributed by atoms with Crippen LogP contribution in [0.15, 0.2) is 0 Å². The summed E-state index contributed by atoms with van der Waals surface area (Å²) in [6.07, 6.45) is 2.53. The molecule has 2 heteroatoms. The van der Waals surface area contributed by atoms with Crippen LogP contribution in [-0.2, 0) is 4.74 Å². The first-order valence-electron chi connectivity index (χ1n) is 2.97. The molecule has 2 nitrogen and oxygen atoms in total. The maximum absolute atomic E-state index is 5.14. The van der Waals surface area contributed by atoms with Gasteiger partial charge in [-0.1, -0.05) is 6.92 Å². The second-order valence-electron chi connectivity index (χ2n) is 2.29. The highest BCUT2D eigenvalue weighted by atomic mass is 16.5. The second-order valence-corrected chi connectivity index (χ2v) is 2.29. The van der Waals surface area contributed by atoms with Crippen molar-refractivity contribution in [2.75, 3.05) is 13.2 Å². The first kappa shape index (κ1) is 7.92. The van der Waals surface area contributed by atoms with Gasteiger partial charge in [-0.25, -0.2) is 0 Å². The smallest absolute Gasteiger partial charge is 0.0468 e. The van der Waals surface area contributed by atoms with Crippen LogP contribution in [0, 0.1) is 5.92 Å². The molecule has 1 saturated heterocycles. The third-order valence-corrected chi connectivity index (χ3v) is 1.51. The van der Waals surface area contributed by atoms with E-state index < -0.39 is 0 Å². The van der Waals surface area contributed by atoms with Crippen molar-refractivity contribution in [2.24, 2.45) is 5.92 Å². The van der Waals surface area contributed by atoms with Crippen molar-refractivity contribution in [1.82, 2.24) is 6.15 Å². The summed E-state index contributed by atoms with van der Waals surface area (Å²) in [5.41, 5.74) is 0. The third-order valence-electron chi connectivity index (χ3n) is 1.51. The fourth-order valence-corrected chi connectivity index (χ4v) is 0.815. The van der Waals surface area contributed by atoms with Crippen LogP contribution in [0.4, 0.5) is 0 Å². The minimum Gasteiger partial charge on any atom is -0.381 e. The standard InChI is InChI=1S/C6H12O.H3N/c1-6-2-4-7-5-3-6;/h6H,2-5H2,1H3;1H3. The summed E-state index contributed by atoms with van der Waals surface area (Å²) >= 11 is 0. The van der Waals surface area contributed by atoms with Gasteiger partial charge in [-0.15, -0.1) is 0 Å². The van der Waals surface area contributed by atoms with Crippen molar-refractivity contribution in [2.45, 2.75) is 19.8 Å². The van der Waals surface area contributed by atoms with Gasteiger partial charge in [0, 0.05) is 13.2 Å². The Morgan fingerprint density at radius 2 is 1.75 bits per heavy atom. The first-order chi connectivity index (χ1) is 3.39. The molecule has 0 aromatic rings. The molecule has 0 bridgehead atoms. The largest absolute Gasteiger partial charge is 0.381 e. The Kier molecular flexibility index (Phi) is 3.83. The van der Waals surface area contributed by atoms with Crippen molar-refractivity contribution >= 4 is 0 Å². The predicted molar refractivity (Wildman–Crippen MR) is 34.2 cm³/mol. The van der Waals surface area contributed by atoms with Crippen LogP contribution in [0.25, 0.3) is 0 Å². The van der Waals surface area contributed by atoms with Gasteiger partial charge in [0.25, 0.3) is 0 Å². The van der Waals surface area contributed by atoms with E-state index >= 15 is 0 Å². The third kappa shape index (κ3) is 2.28. The molecule has 0 spiro atoms. The summed E-state index contributed by atoms with van der Waals surface area (Å²) in [4.78, 5) is 0. The lowest BCUT2D eigenvalue weighted by Crippen LogP contribution is -2.12. The van der Waals surface area contributed by atoms with Gasteiger partial charge in [-0.3, -0.25) is 0 Å². The fraction of sp³-hybridized carbons (Fsp3) is 1.00. The van der Waals surface area contributed by atoms with Gasteiger partial charge in [-0.2, -0.15) is 0 Å². The van der Waals surface area contributed by atoms with Crippen LogP contribution in [0.2, 0.25) is 0 Å².